The number of carbonyl (C=O) groups is 2. The van der Waals surface area contributed by atoms with Gasteiger partial charge in [0.05, 0.1) is 4.91 Å². The molecule has 0 spiro atoms. The fourth-order valence-electron chi connectivity index (χ4n) is 2.30. The number of thioether (sulfide) groups is 1. The molecule has 0 aliphatic carbocycles. The molecule has 0 saturated carbocycles. The minimum Gasteiger partial charge on any atom is -0.268 e. The number of rotatable bonds is 3. The Morgan fingerprint density at radius 2 is 1.86 bits per heavy atom. The molecule has 1 aliphatic heterocycles. The third kappa shape index (κ3) is 2.50. The summed E-state index contributed by atoms with van der Waals surface area (Å²) >= 11 is 0.976. The standard InChI is InChI=1S/C17H13NO2S/c1-2-10-18-16(19)15(21-17(18)20)11-13-8-5-7-12-6-3-4-9-14(12)13/h2-9,11H,1,10H2/b15-11-. The third-order valence-electron chi connectivity index (χ3n) is 3.30. The van der Waals surface area contributed by atoms with Crippen molar-refractivity contribution in [3.05, 3.63) is 65.6 Å². The number of nitrogens with zero attached hydrogens (tertiary/aromatic N) is 1. The maximum atomic E-state index is 12.2. The zero-order chi connectivity index (χ0) is 14.8. The van der Waals surface area contributed by atoms with E-state index in [1.54, 1.807) is 12.2 Å². The molecule has 0 N–H and O–H groups in total. The van der Waals surface area contributed by atoms with Crippen molar-refractivity contribution >= 4 is 39.8 Å². The summed E-state index contributed by atoms with van der Waals surface area (Å²) in [7, 11) is 0. The summed E-state index contributed by atoms with van der Waals surface area (Å²) in [5, 5.41) is 1.93. The predicted octanol–water partition coefficient (Wildman–Crippen LogP) is 4.06. The van der Waals surface area contributed by atoms with Gasteiger partial charge in [-0.05, 0) is 34.2 Å². The second kappa shape index (κ2) is 5.58. The van der Waals surface area contributed by atoms with E-state index >= 15 is 0 Å². The molecule has 1 fully saturated rings. The van der Waals surface area contributed by atoms with Crippen LogP contribution in [0.2, 0.25) is 0 Å². The Labute approximate surface area is 126 Å². The maximum absolute atomic E-state index is 12.2. The van der Waals surface area contributed by atoms with Crippen molar-refractivity contribution in [2.24, 2.45) is 0 Å². The predicted molar refractivity (Wildman–Crippen MR) is 86.8 cm³/mol. The first-order chi connectivity index (χ1) is 10.2. The molecule has 0 radical (unpaired) electrons. The molecule has 3 rings (SSSR count). The van der Waals surface area contributed by atoms with Gasteiger partial charge in [0.15, 0.2) is 0 Å². The minimum atomic E-state index is -0.252. The van der Waals surface area contributed by atoms with Gasteiger partial charge < -0.3 is 0 Å². The molecule has 1 saturated heterocycles. The highest BCUT2D eigenvalue weighted by atomic mass is 32.2. The van der Waals surface area contributed by atoms with E-state index in [1.165, 1.54) is 4.90 Å². The van der Waals surface area contributed by atoms with Crippen molar-refractivity contribution in [2.45, 2.75) is 0 Å². The molecule has 0 aromatic heterocycles. The van der Waals surface area contributed by atoms with Gasteiger partial charge >= 0.3 is 0 Å². The molecular formula is C17H13NO2S. The van der Waals surface area contributed by atoms with Crippen LogP contribution in [0.25, 0.3) is 16.8 Å². The quantitative estimate of drug-likeness (QED) is 0.633. The van der Waals surface area contributed by atoms with Gasteiger partial charge in [-0.2, -0.15) is 0 Å². The van der Waals surface area contributed by atoms with E-state index in [0.717, 1.165) is 28.1 Å². The Balaban J connectivity index is 2.03. The van der Waals surface area contributed by atoms with Gasteiger partial charge in [0.1, 0.15) is 0 Å². The van der Waals surface area contributed by atoms with Gasteiger partial charge in [-0.1, -0.05) is 48.5 Å². The first-order valence-electron chi connectivity index (χ1n) is 6.55. The lowest BCUT2D eigenvalue weighted by atomic mass is 10.0. The Bertz CT molecular complexity index is 774. The molecule has 2 amide bonds. The summed E-state index contributed by atoms with van der Waals surface area (Å²) in [6.07, 6.45) is 3.34. The molecule has 1 aliphatic rings. The highest BCUT2D eigenvalue weighted by Gasteiger charge is 2.34. The highest BCUT2D eigenvalue weighted by molar-refractivity contribution is 8.18. The maximum Gasteiger partial charge on any atom is 0.293 e. The van der Waals surface area contributed by atoms with E-state index in [0.29, 0.717) is 4.91 Å². The Morgan fingerprint density at radius 1 is 1.10 bits per heavy atom. The molecule has 0 unspecified atom stereocenters. The van der Waals surface area contributed by atoms with Crippen molar-refractivity contribution < 1.29 is 9.59 Å². The minimum absolute atomic E-state index is 0.244. The molecule has 0 atom stereocenters. The van der Waals surface area contributed by atoms with Crippen LogP contribution in [-0.4, -0.2) is 22.6 Å². The number of carbonyl (C=O) groups excluding carboxylic acids is 2. The summed E-state index contributed by atoms with van der Waals surface area (Å²) in [6, 6.07) is 13.9. The van der Waals surface area contributed by atoms with E-state index in [2.05, 4.69) is 6.58 Å². The van der Waals surface area contributed by atoms with Crippen LogP contribution in [0.4, 0.5) is 4.79 Å². The van der Waals surface area contributed by atoms with Gasteiger partial charge in [-0.15, -0.1) is 6.58 Å². The van der Waals surface area contributed by atoms with Crippen LogP contribution in [0, 0.1) is 0 Å². The van der Waals surface area contributed by atoms with Gasteiger partial charge in [0, 0.05) is 6.54 Å². The fraction of sp³-hybridized carbons (Fsp3) is 0.0588. The Hall–Kier alpha value is -2.33. The van der Waals surface area contributed by atoms with Gasteiger partial charge in [0.25, 0.3) is 11.1 Å². The molecule has 1 heterocycles. The Kier molecular flexibility index (Phi) is 3.62. The summed E-state index contributed by atoms with van der Waals surface area (Å²) in [6.45, 7) is 3.82. The molecule has 21 heavy (non-hydrogen) atoms. The molecule has 4 heteroatoms. The molecule has 3 nitrogen and oxygen atoms in total. The van der Waals surface area contributed by atoms with Crippen LogP contribution in [0.3, 0.4) is 0 Å². The number of amides is 2. The topological polar surface area (TPSA) is 37.4 Å². The van der Waals surface area contributed by atoms with Crippen molar-refractivity contribution in [2.75, 3.05) is 6.54 Å². The SMILES string of the molecule is C=CCN1C(=O)S/C(=C\c2cccc3ccccc23)C1=O. The number of benzene rings is 2. The monoisotopic (exact) mass is 295 g/mol. The van der Waals surface area contributed by atoms with Crippen molar-refractivity contribution in [3.8, 4) is 0 Å². The van der Waals surface area contributed by atoms with Crippen molar-refractivity contribution in [3.63, 3.8) is 0 Å². The molecule has 2 aromatic rings. The average Bonchev–Trinajstić information content (AvgIpc) is 2.76. The number of hydrogen-bond acceptors (Lipinski definition) is 3. The van der Waals surface area contributed by atoms with Crippen LogP contribution >= 0.6 is 11.8 Å². The van der Waals surface area contributed by atoms with Gasteiger partial charge in [0.2, 0.25) is 0 Å². The largest absolute Gasteiger partial charge is 0.293 e. The lowest BCUT2D eigenvalue weighted by molar-refractivity contribution is -0.122. The lowest BCUT2D eigenvalue weighted by Gasteiger charge is -2.08. The first-order valence-corrected chi connectivity index (χ1v) is 7.36. The average molecular weight is 295 g/mol. The smallest absolute Gasteiger partial charge is 0.268 e. The molecule has 2 aromatic carbocycles. The van der Waals surface area contributed by atoms with E-state index < -0.39 is 0 Å². The fourth-order valence-corrected chi connectivity index (χ4v) is 3.14. The van der Waals surface area contributed by atoms with E-state index in [-0.39, 0.29) is 17.7 Å². The van der Waals surface area contributed by atoms with E-state index in [9.17, 15) is 9.59 Å². The molecule has 104 valence electrons. The number of fused-ring (bicyclic) bond motifs is 1. The zero-order valence-electron chi connectivity index (χ0n) is 11.3. The summed E-state index contributed by atoms with van der Waals surface area (Å²) in [5.41, 5.74) is 0.942. The third-order valence-corrected chi connectivity index (χ3v) is 4.20. The Morgan fingerprint density at radius 3 is 2.67 bits per heavy atom. The summed E-state index contributed by atoms with van der Waals surface area (Å²) in [5.74, 6) is -0.252. The van der Waals surface area contributed by atoms with Crippen molar-refractivity contribution in [1.29, 1.82) is 0 Å². The zero-order valence-corrected chi connectivity index (χ0v) is 12.1. The van der Waals surface area contributed by atoms with Crippen LogP contribution < -0.4 is 0 Å². The lowest BCUT2D eigenvalue weighted by Crippen LogP contribution is -2.27. The highest BCUT2D eigenvalue weighted by Crippen LogP contribution is 2.33. The molecular weight excluding hydrogens is 282 g/mol. The van der Waals surface area contributed by atoms with Crippen LogP contribution in [0.15, 0.2) is 60.0 Å². The summed E-state index contributed by atoms with van der Waals surface area (Å²) in [4.78, 5) is 25.7. The second-order valence-electron chi connectivity index (χ2n) is 4.65. The van der Waals surface area contributed by atoms with Gasteiger partial charge in [-0.25, -0.2) is 0 Å². The summed E-state index contributed by atoms with van der Waals surface area (Å²) < 4.78 is 0. The van der Waals surface area contributed by atoms with E-state index in [1.807, 2.05) is 42.5 Å². The van der Waals surface area contributed by atoms with Gasteiger partial charge in [-0.3, -0.25) is 14.5 Å². The first kappa shape index (κ1) is 13.6. The number of hydrogen-bond donors (Lipinski definition) is 0. The van der Waals surface area contributed by atoms with E-state index in [4.69, 9.17) is 0 Å². The van der Waals surface area contributed by atoms with Crippen LogP contribution in [0.1, 0.15) is 5.56 Å². The number of imide groups is 1. The van der Waals surface area contributed by atoms with Crippen LogP contribution in [-0.2, 0) is 4.79 Å². The normalized spacial score (nSPS) is 17.0. The second-order valence-corrected chi connectivity index (χ2v) is 5.64. The van der Waals surface area contributed by atoms with Crippen LogP contribution in [0.5, 0.6) is 0 Å². The van der Waals surface area contributed by atoms with Crippen molar-refractivity contribution in [1.82, 2.24) is 4.90 Å². The molecule has 0 bridgehead atoms.